The molecule has 2 heterocycles. The Labute approximate surface area is 146 Å². The lowest BCUT2D eigenvalue weighted by Gasteiger charge is -2.41. The monoisotopic (exact) mass is 421 g/mol. The number of piperidine rings is 1. The smallest absolute Gasteiger partial charge is 0.310 e. The maximum atomic E-state index is 12.3. The molecular weight excluding hydrogens is 401 g/mol. The van der Waals surface area contributed by atoms with Crippen molar-refractivity contribution in [1.29, 1.82) is 0 Å². The largest absolute Gasteiger partial charge is 0.469 e. The van der Waals surface area contributed by atoms with Gasteiger partial charge in [0.1, 0.15) is 0 Å². The molecule has 2 saturated heterocycles. The number of methoxy groups -OCH3 is 1. The Bertz CT molecular complexity index is 508. The summed E-state index contributed by atoms with van der Waals surface area (Å²) in [6.45, 7) is 0. The fourth-order valence-electron chi connectivity index (χ4n) is 3.98. The molecule has 3 rings (SSSR count). The topological polar surface area (TPSA) is 29.5 Å². The third-order valence-electron chi connectivity index (χ3n) is 5.04. The first kappa shape index (κ1) is 17.0. The molecule has 2 aliphatic heterocycles. The van der Waals surface area contributed by atoms with Gasteiger partial charge in [0.15, 0.2) is 0 Å². The van der Waals surface area contributed by atoms with Gasteiger partial charge in [0, 0.05) is 21.6 Å². The van der Waals surface area contributed by atoms with Crippen molar-refractivity contribution < 1.29 is 9.53 Å². The molecule has 2 aliphatic rings. The van der Waals surface area contributed by atoms with Gasteiger partial charge < -0.3 is 4.74 Å². The summed E-state index contributed by atoms with van der Waals surface area (Å²) in [5, 5.41) is 0. The lowest BCUT2D eigenvalue weighted by molar-refractivity contribution is -0.150. The van der Waals surface area contributed by atoms with E-state index in [0.29, 0.717) is 18.0 Å². The molecule has 0 spiro atoms. The second kappa shape index (κ2) is 6.84. The third kappa shape index (κ3) is 3.08. The van der Waals surface area contributed by atoms with Gasteiger partial charge in [-0.2, -0.15) is 0 Å². The van der Waals surface area contributed by atoms with E-state index in [0.717, 1.165) is 12.8 Å². The Balaban J connectivity index is 0.00000161. The van der Waals surface area contributed by atoms with Crippen molar-refractivity contribution in [3.8, 4) is 0 Å². The van der Waals surface area contributed by atoms with Gasteiger partial charge in [0.2, 0.25) is 0 Å². The summed E-state index contributed by atoms with van der Waals surface area (Å²) < 4.78 is 6.33. The molecule has 4 atom stereocenters. The number of fused-ring (bicyclic) bond motifs is 2. The summed E-state index contributed by atoms with van der Waals surface area (Å²) in [6.07, 6.45) is 3.38. The number of rotatable bonds is 2. The average Bonchev–Trinajstić information content (AvgIpc) is 2.70. The van der Waals surface area contributed by atoms with E-state index in [4.69, 9.17) is 4.74 Å². The van der Waals surface area contributed by atoms with Gasteiger partial charge in [0.05, 0.1) is 13.0 Å². The maximum Gasteiger partial charge on any atom is 0.310 e. The fourth-order valence-corrected chi connectivity index (χ4v) is 4.34. The molecule has 2 fully saturated rings. The number of benzene rings is 1. The van der Waals surface area contributed by atoms with Crippen LogP contribution in [0.2, 0.25) is 0 Å². The van der Waals surface area contributed by atoms with E-state index in [1.54, 1.807) is 0 Å². The van der Waals surface area contributed by atoms with E-state index in [-0.39, 0.29) is 24.3 Å². The number of carbonyl (C=O) groups is 1. The van der Waals surface area contributed by atoms with Crippen molar-refractivity contribution in [2.75, 3.05) is 14.2 Å². The molecule has 4 unspecified atom stereocenters. The summed E-state index contributed by atoms with van der Waals surface area (Å²) in [6, 6.07) is 9.56. The van der Waals surface area contributed by atoms with Crippen molar-refractivity contribution in [2.24, 2.45) is 5.92 Å². The van der Waals surface area contributed by atoms with E-state index in [9.17, 15) is 4.79 Å². The van der Waals surface area contributed by atoms with Crippen LogP contribution in [0.1, 0.15) is 30.7 Å². The Morgan fingerprint density at radius 1 is 1.29 bits per heavy atom. The van der Waals surface area contributed by atoms with Crippen molar-refractivity contribution in [2.45, 2.75) is 37.3 Å². The van der Waals surface area contributed by atoms with Crippen LogP contribution in [-0.4, -0.2) is 37.1 Å². The van der Waals surface area contributed by atoms with Crippen LogP contribution < -0.4 is 0 Å². The van der Waals surface area contributed by atoms with Gasteiger partial charge in [-0.15, -0.1) is 12.4 Å². The molecule has 2 bridgehead atoms. The Morgan fingerprint density at radius 3 is 2.57 bits per heavy atom. The molecule has 1 aromatic carbocycles. The summed E-state index contributed by atoms with van der Waals surface area (Å²) in [5.74, 6) is 0.225. The molecule has 3 nitrogen and oxygen atoms in total. The van der Waals surface area contributed by atoms with Gasteiger partial charge in [-0.05, 0) is 66.6 Å². The highest BCUT2D eigenvalue weighted by Crippen LogP contribution is 2.46. The van der Waals surface area contributed by atoms with E-state index in [2.05, 4.69) is 58.8 Å². The molecule has 0 amide bonds. The molecular formula is C16H21ClINO2. The minimum absolute atomic E-state index is 0. The maximum absolute atomic E-state index is 12.3. The molecule has 0 saturated carbocycles. The standard InChI is InChI=1S/C16H20INO2.ClH/c1-18-12-7-8-14(18)15(16(19)20-2)13(9-12)10-3-5-11(17)6-4-10;/h3-6,12-15H,7-9H2,1-2H3;1H. The Kier molecular flexibility index (Phi) is 5.54. The van der Waals surface area contributed by atoms with Crippen LogP contribution in [0.4, 0.5) is 0 Å². The van der Waals surface area contributed by atoms with E-state index in [1.165, 1.54) is 22.7 Å². The van der Waals surface area contributed by atoms with Crippen LogP contribution in [0.25, 0.3) is 0 Å². The number of ether oxygens (including phenoxy) is 1. The van der Waals surface area contributed by atoms with Crippen LogP contribution >= 0.6 is 35.0 Å². The second-order valence-electron chi connectivity index (χ2n) is 5.91. The summed E-state index contributed by atoms with van der Waals surface area (Å²) >= 11 is 2.32. The van der Waals surface area contributed by atoms with Crippen molar-refractivity contribution in [1.82, 2.24) is 4.90 Å². The van der Waals surface area contributed by atoms with Crippen molar-refractivity contribution in [3.05, 3.63) is 33.4 Å². The molecule has 0 aliphatic carbocycles. The van der Waals surface area contributed by atoms with Crippen LogP contribution in [0.5, 0.6) is 0 Å². The van der Waals surface area contributed by atoms with Crippen LogP contribution in [0.3, 0.4) is 0 Å². The zero-order chi connectivity index (χ0) is 14.3. The first-order chi connectivity index (χ1) is 9.61. The first-order valence-corrected chi connectivity index (χ1v) is 8.25. The third-order valence-corrected chi connectivity index (χ3v) is 5.76. The fraction of sp³-hybridized carbons (Fsp3) is 0.562. The number of halogens is 2. The summed E-state index contributed by atoms with van der Waals surface area (Å²) in [5.41, 5.74) is 1.28. The summed E-state index contributed by atoms with van der Waals surface area (Å²) in [4.78, 5) is 14.7. The highest BCUT2D eigenvalue weighted by Gasteiger charge is 2.49. The van der Waals surface area contributed by atoms with Crippen LogP contribution in [0, 0.1) is 9.49 Å². The highest BCUT2D eigenvalue weighted by atomic mass is 127. The Morgan fingerprint density at radius 2 is 1.95 bits per heavy atom. The SMILES string of the molecule is COC(=O)C1C(c2ccc(I)cc2)CC2CCC1N2C.Cl. The average molecular weight is 422 g/mol. The number of hydrogen-bond donors (Lipinski definition) is 0. The number of nitrogens with zero attached hydrogens (tertiary/aromatic N) is 1. The predicted octanol–water partition coefficient (Wildman–Crippen LogP) is 3.45. The molecule has 21 heavy (non-hydrogen) atoms. The zero-order valence-electron chi connectivity index (χ0n) is 12.3. The highest BCUT2D eigenvalue weighted by molar-refractivity contribution is 14.1. The minimum Gasteiger partial charge on any atom is -0.469 e. The number of carbonyl (C=O) groups excluding carboxylic acids is 1. The molecule has 116 valence electrons. The lowest BCUT2D eigenvalue weighted by Crippen LogP contribution is -2.49. The normalized spacial score (nSPS) is 31.6. The predicted molar refractivity (Wildman–Crippen MR) is 93.8 cm³/mol. The number of esters is 1. The second-order valence-corrected chi connectivity index (χ2v) is 7.15. The quantitative estimate of drug-likeness (QED) is 0.541. The van der Waals surface area contributed by atoms with Crippen molar-refractivity contribution in [3.63, 3.8) is 0 Å². The van der Waals surface area contributed by atoms with Gasteiger partial charge in [-0.1, -0.05) is 12.1 Å². The molecule has 1 aromatic rings. The first-order valence-electron chi connectivity index (χ1n) is 7.17. The molecule has 0 N–H and O–H groups in total. The van der Waals surface area contributed by atoms with Gasteiger partial charge >= 0.3 is 5.97 Å². The van der Waals surface area contributed by atoms with Gasteiger partial charge in [0.25, 0.3) is 0 Å². The van der Waals surface area contributed by atoms with Gasteiger partial charge in [-0.3, -0.25) is 9.69 Å². The molecule has 0 aromatic heterocycles. The van der Waals surface area contributed by atoms with E-state index >= 15 is 0 Å². The van der Waals surface area contributed by atoms with Gasteiger partial charge in [-0.25, -0.2) is 0 Å². The molecule has 0 radical (unpaired) electrons. The lowest BCUT2D eigenvalue weighted by atomic mass is 9.76. The Hall–Kier alpha value is -0.330. The van der Waals surface area contributed by atoms with E-state index < -0.39 is 0 Å². The summed E-state index contributed by atoms with van der Waals surface area (Å²) in [7, 11) is 3.66. The molecule has 5 heteroatoms. The van der Waals surface area contributed by atoms with Crippen molar-refractivity contribution >= 4 is 41.0 Å². The van der Waals surface area contributed by atoms with E-state index in [1.807, 2.05) is 0 Å². The van der Waals surface area contributed by atoms with Crippen LogP contribution in [0.15, 0.2) is 24.3 Å². The van der Waals surface area contributed by atoms with Crippen LogP contribution in [-0.2, 0) is 9.53 Å². The zero-order valence-corrected chi connectivity index (χ0v) is 15.3. The minimum atomic E-state index is -0.0502. The number of hydrogen-bond acceptors (Lipinski definition) is 3.